The minimum atomic E-state index is -0.564. The zero-order chi connectivity index (χ0) is 17.7. The second kappa shape index (κ2) is 7.99. The molecule has 1 heterocycles. The molecule has 0 saturated carbocycles. The number of benzene rings is 1. The first-order valence-electron chi connectivity index (χ1n) is 8.54. The maximum atomic E-state index is 12.7. The summed E-state index contributed by atoms with van der Waals surface area (Å²) in [4.78, 5) is 14.3. The van der Waals surface area contributed by atoms with Crippen molar-refractivity contribution in [3.63, 3.8) is 0 Å². The smallest absolute Gasteiger partial charge is 0.263 e. The van der Waals surface area contributed by atoms with Crippen LogP contribution in [0.1, 0.15) is 30.9 Å². The molecule has 0 spiro atoms. The number of aliphatic hydroxyl groups excluding tert-OH is 1. The summed E-state index contributed by atoms with van der Waals surface area (Å²) in [7, 11) is 1.78. The first-order valence-corrected chi connectivity index (χ1v) is 8.54. The summed E-state index contributed by atoms with van der Waals surface area (Å²) < 4.78 is 11.3. The summed E-state index contributed by atoms with van der Waals surface area (Å²) in [5, 5.41) is 9.79. The summed E-state index contributed by atoms with van der Waals surface area (Å²) in [5.74, 6) is 0.669. The second-order valence-corrected chi connectivity index (χ2v) is 6.99. The van der Waals surface area contributed by atoms with E-state index in [0.717, 1.165) is 29.7 Å². The number of carbonyl (C=O) groups excluding carboxylic acids is 1. The van der Waals surface area contributed by atoms with Crippen molar-refractivity contribution >= 4 is 5.91 Å². The largest absolute Gasteiger partial charge is 0.481 e. The lowest BCUT2D eigenvalue weighted by Crippen LogP contribution is -2.47. The number of hydrogen-bond donors (Lipinski definition) is 1. The van der Waals surface area contributed by atoms with Crippen molar-refractivity contribution in [3.05, 3.63) is 29.3 Å². The zero-order valence-electron chi connectivity index (χ0n) is 15.2. The van der Waals surface area contributed by atoms with Crippen LogP contribution >= 0.6 is 0 Å². The Morgan fingerprint density at radius 3 is 2.67 bits per heavy atom. The molecule has 2 rings (SSSR count). The summed E-state index contributed by atoms with van der Waals surface area (Å²) in [5.41, 5.74) is 1.85. The molecule has 1 aliphatic heterocycles. The van der Waals surface area contributed by atoms with Crippen molar-refractivity contribution < 1.29 is 19.4 Å². The number of rotatable bonds is 6. The molecule has 0 bridgehead atoms. The van der Waals surface area contributed by atoms with Crippen molar-refractivity contribution in [3.8, 4) is 5.75 Å². The molecule has 1 aromatic carbocycles. The average molecular weight is 335 g/mol. The molecule has 1 amide bonds. The second-order valence-electron chi connectivity index (χ2n) is 6.99. The van der Waals surface area contributed by atoms with Crippen LogP contribution in [0.25, 0.3) is 0 Å². The fourth-order valence-corrected chi connectivity index (χ4v) is 3.14. The number of amides is 1. The zero-order valence-corrected chi connectivity index (χ0v) is 15.2. The number of ether oxygens (including phenoxy) is 2. The molecule has 0 aliphatic carbocycles. The Balaban J connectivity index is 2.00. The van der Waals surface area contributed by atoms with Gasteiger partial charge >= 0.3 is 0 Å². The summed E-state index contributed by atoms with van der Waals surface area (Å²) in [6.07, 6.45) is 0.979. The van der Waals surface area contributed by atoms with Gasteiger partial charge in [0.1, 0.15) is 5.75 Å². The summed E-state index contributed by atoms with van der Waals surface area (Å²) in [6, 6.07) is 5.97. The molecule has 1 unspecified atom stereocenters. The van der Waals surface area contributed by atoms with Gasteiger partial charge in [0.05, 0.1) is 6.61 Å². The number of aliphatic hydroxyl groups is 1. The van der Waals surface area contributed by atoms with Crippen LogP contribution in [-0.2, 0) is 9.53 Å². The van der Waals surface area contributed by atoms with Crippen molar-refractivity contribution in [2.45, 2.75) is 39.7 Å². The molecule has 1 atom stereocenters. The molecule has 0 aromatic heterocycles. The summed E-state index contributed by atoms with van der Waals surface area (Å²) in [6.45, 7) is 7.61. The molecule has 1 N–H and O–H groups in total. The van der Waals surface area contributed by atoms with Gasteiger partial charge in [-0.05, 0) is 50.8 Å². The number of aryl methyl sites for hydroxylation is 2. The highest BCUT2D eigenvalue weighted by molar-refractivity contribution is 5.80. The maximum absolute atomic E-state index is 12.7. The van der Waals surface area contributed by atoms with Gasteiger partial charge in [-0.3, -0.25) is 4.79 Å². The molecule has 5 nitrogen and oxygen atoms in total. The first-order chi connectivity index (χ1) is 11.4. The highest BCUT2D eigenvalue weighted by atomic mass is 16.5. The Kier molecular flexibility index (Phi) is 6.24. The average Bonchev–Trinajstić information content (AvgIpc) is 2.58. The van der Waals surface area contributed by atoms with E-state index in [4.69, 9.17) is 9.47 Å². The van der Waals surface area contributed by atoms with Gasteiger partial charge in [-0.2, -0.15) is 0 Å². The Hall–Kier alpha value is -1.59. The van der Waals surface area contributed by atoms with Gasteiger partial charge in [0.15, 0.2) is 6.10 Å². The number of nitrogens with zero attached hydrogens (tertiary/aromatic N) is 1. The standard InChI is InChI=1S/C19H29NO4/c1-14-5-6-15(2)17(11-14)24-16(3)18(22)20(4)12-19(13-21)7-9-23-10-8-19/h5-6,11,16,21H,7-10,12-13H2,1-4H3. The van der Waals surface area contributed by atoms with Crippen molar-refractivity contribution in [1.82, 2.24) is 4.90 Å². The Labute approximate surface area is 144 Å². The fourth-order valence-electron chi connectivity index (χ4n) is 3.14. The van der Waals surface area contributed by atoms with E-state index in [0.29, 0.717) is 19.8 Å². The van der Waals surface area contributed by atoms with E-state index in [1.807, 2.05) is 32.0 Å². The minimum absolute atomic E-state index is 0.0696. The normalized spacial score (nSPS) is 18.0. The van der Waals surface area contributed by atoms with Gasteiger partial charge in [0.25, 0.3) is 5.91 Å². The lowest BCUT2D eigenvalue weighted by Gasteiger charge is -2.39. The van der Waals surface area contributed by atoms with E-state index < -0.39 is 6.10 Å². The number of carbonyl (C=O) groups is 1. The topological polar surface area (TPSA) is 59.0 Å². The third-order valence-electron chi connectivity index (χ3n) is 4.83. The van der Waals surface area contributed by atoms with Gasteiger partial charge in [-0.25, -0.2) is 0 Å². The highest BCUT2D eigenvalue weighted by Crippen LogP contribution is 2.31. The van der Waals surface area contributed by atoms with Crippen molar-refractivity contribution in [1.29, 1.82) is 0 Å². The lowest BCUT2D eigenvalue weighted by atomic mass is 9.80. The van der Waals surface area contributed by atoms with Crippen LogP contribution in [0.2, 0.25) is 0 Å². The predicted octanol–water partition coefficient (Wildman–Crippen LogP) is 2.32. The Bertz CT molecular complexity index is 566. The molecule has 1 aliphatic rings. The van der Waals surface area contributed by atoms with E-state index >= 15 is 0 Å². The third-order valence-corrected chi connectivity index (χ3v) is 4.83. The molecule has 134 valence electrons. The molecule has 1 aromatic rings. The highest BCUT2D eigenvalue weighted by Gasteiger charge is 2.35. The van der Waals surface area contributed by atoms with Crippen LogP contribution in [0.5, 0.6) is 5.75 Å². The van der Waals surface area contributed by atoms with E-state index in [2.05, 4.69) is 0 Å². The molecule has 0 radical (unpaired) electrons. The lowest BCUT2D eigenvalue weighted by molar-refractivity contribution is -0.140. The molecule has 5 heteroatoms. The molecular weight excluding hydrogens is 306 g/mol. The first kappa shape index (κ1) is 18.7. The van der Waals surface area contributed by atoms with Gasteiger partial charge in [-0.1, -0.05) is 12.1 Å². The Morgan fingerprint density at radius 1 is 1.38 bits per heavy atom. The molecular formula is C19H29NO4. The van der Waals surface area contributed by atoms with Crippen LogP contribution in [0.3, 0.4) is 0 Å². The van der Waals surface area contributed by atoms with Crippen LogP contribution in [0, 0.1) is 19.3 Å². The summed E-state index contributed by atoms with van der Waals surface area (Å²) >= 11 is 0. The van der Waals surface area contributed by atoms with Gasteiger partial charge in [0, 0.05) is 32.2 Å². The van der Waals surface area contributed by atoms with Crippen LogP contribution in [0.15, 0.2) is 18.2 Å². The van der Waals surface area contributed by atoms with E-state index in [1.54, 1.807) is 18.9 Å². The van der Waals surface area contributed by atoms with E-state index in [-0.39, 0.29) is 17.9 Å². The minimum Gasteiger partial charge on any atom is -0.481 e. The van der Waals surface area contributed by atoms with E-state index in [9.17, 15) is 9.90 Å². The van der Waals surface area contributed by atoms with Crippen LogP contribution in [0.4, 0.5) is 0 Å². The van der Waals surface area contributed by atoms with Crippen LogP contribution < -0.4 is 4.74 Å². The monoisotopic (exact) mass is 335 g/mol. The van der Waals surface area contributed by atoms with Crippen LogP contribution in [-0.4, -0.2) is 55.4 Å². The van der Waals surface area contributed by atoms with E-state index in [1.165, 1.54) is 0 Å². The molecule has 1 saturated heterocycles. The van der Waals surface area contributed by atoms with Gasteiger partial charge in [-0.15, -0.1) is 0 Å². The SMILES string of the molecule is Cc1ccc(C)c(OC(C)C(=O)N(C)CC2(CO)CCOCC2)c1. The Morgan fingerprint density at radius 2 is 2.04 bits per heavy atom. The van der Waals surface area contributed by atoms with Gasteiger partial charge < -0.3 is 19.5 Å². The van der Waals surface area contributed by atoms with Crippen molar-refractivity contribution in [2.24, 2.45) is 5.41 Å². The van der Waals surface area contributed by atoms with Crippen molar-refractivity contribution in [2.75, 3.05) is 33.4 Å². The molecule has 1 fully saturated rings. The predicted molar refractivity (Wildman–Crippen MR) is 93.2 cm³/mol. The number of hydrogen-bond acceptors (Lipinski definition) is 4. The number of likely N-dealkylation sites (N-methyl/N-ethyl adjacent to an activating group) is 1. The molecule has 24 heavy (non-hydrogen) atoms. The maximum Gasteiger partial charge on any atom is 0.263 e. The fraction of sp³-hybridized carbons (Fsp3) is 0.632. The van der Waals surface area contributed by atoms with Gasteiger partial charge in [0.2, 0.25) is 0 Å². The third kappa shape index (κ3) is 4.48. The quantitative estimate of drug-likeness (QED) is 0.867.